The van der Waals surface area contributed by atoms with Gasteiger partial charge in [-0.3, -0.25) is 4.79 Å². The second kappa shape index (κ2) is 6.01. The van der Waals surface area contributed by atoms with Crippen molar-refractivity contribution in [3.8, 4) is 0 Å². The van der Waals surface area contributed by atoms with Crippen LogP contribution in [-0.4, -0.2) is 12.5 Å². The molecule has 1 unspecified atom stereocenters. The Morgan fingerprint density at radius 2 is 1.92 bits per heavy atom. The van der Waals surface area contributed by atoms with Gasteiger partial charge in [-0.15, -0.1) is 0 Å². The Kier molecular flexibility index (Phi) is 4.87. The van der Waals surface area contributed by atoms with Crippen molar-refractivity contribution in [1.29, 1.82) is 0 Å². The Hall–Kier alpha value is -0.530. The molecule has 1 heterocycles. The minimum atomic E-state index is 0.245. The summed E-state index contributed by atoms with van der Waals surface area (Å²) in [6.07, 6.45) is 8.10. The van der Waals surface area contributed by atoms with E-state index in [1.807, 2.05) is 0 Å². The van der Waals surface area contributed by atoms with Crippen molar-refractivity contribution in [1.82, 2.24) is 5.32 Å². The predicted octanol–water partition coefficient (Wildman–Crippen LogP) is 2.48. The SMILES string of the molecule is CC1CCCCCNC(=O)CCC1. The zero-order chi connectivity index (χ0) is 9.52. The van der Waals surface area contributed by atoms with Gasteiger partial charge in [0.05, 0.1) is 0 Å². The monoisotopic (exact) mass is 183 g/mol. The lowest BCUT2D eigenvalue weighted by molar-refractivity contribution is -0.121. The summed E-state index contributed by atoms with van der Waals surface area (Å²) in [5.74, 6) is 1.06. The molecule has 0 radical (unpaired) electrons. The largest absolute Gasteiger partial charge is 0.356 e. The van der Waals surface area contributed by atoms with Gasteiger partial charge < -0.3 is 5.32 Å². The fourth-order valence-corrected chi connectivity index (χ4v) is 1.87. The highest BCUT2D eigenvalue weighted by atomic mass is 16.1. The zero-order valence-electron chi connectivity index (χ0n) is 8.64. The standard InChI is InChI=1S/C11H21NO/c1-10-6-3-2-4-9-12-11(13)8-5-7-10/h10H,2-9H2,1H3,(H,12,13). The fraction of sp³-hybridized carbons (Fsp3) is 0.909. The number of hydrogen-bond acceptors (Lipinski definition) is 1. The van der Waals surface area contributed by atoms with Gasteiger partial charge >= 0.3 is 0 Å². The molecule has 1 amide bonds. The van der Waals surface area contributed by atoms with Crippen LogP contribution >= 0.6 is 0 Å². The minimum Gasteiger partial charge on any atom is -0.356 e. The first kappa shape index (κ1) is 10.6. The van der Waals surface area contributed by atoms with E-state index >= 15 is 0 Å². The van der Waals surface area contributed by atoms with Crippen molar-refractivity contribution in [2.24, 2.45) is 5.92 Å². The lowest BCUT2D eigenvalue weighted by Gasteiger charge is -2.08. The molecule has 1 saturated heterocycles. The van der Waals surface area contributed by atoms with Gasteiger partial charge in [0.25, 0.3) is 0 Å². The van der Waals surface area contributed by atoms with Crippen LogP contribution in [-0.2, 0) is 4.79 Å². The highest BCUT2D eigenvalue weighted by Gasteiger charge is 2.06. The maximum Gasteiger partial charge on any atom is 0.219 e. The molecule has 1 rings (SSSR count). The van der Waals surface area contributed by atoms with Crippen molar-refractivity contribution < 1.29 is 4.79 Å². The van der Waals surface area contributed by atoms with Crippen molar-refractivity contribution in [2.45, 2.75) is 51.9 Å². The molecule has 2 nitrogen and oxygen atoms in total. The van der Waals surface area contributed by atoms with Gasteiger partial charge in [0.1, 0.15) is 0 Å². The van der Waals surface area contributed by atoms with Gasteiger partial charge in [0.2, 0.25) is 5.91 Å². The normalized spacial score (nSPS) is 27.5. The number of carbonyl (C=O) groups excluding carboxylic acids is 1. The van der Waals surface area contributed by atoms with Crippen molar-refractivity contribution >= 4 is 5.91 Å². The van der Waals surface area contributed by atoms with E-state index in [2.05, 4.69) is 12.2 Å². The Bertz CT molecular complexity index is 156. The summed E-state index contributed by atoms with van der Waals surface area (Å²) in [7, 11) is 0. The minimum absolute atomic E-state index is 0.245. The molecular weight excluding hydrogens is 162 g/mol. The second-order valence-electron chi connectivity index (χ2n) is 4.20. The molecule has 0 aromatic heterocycles. The average molecular weight is 183 g/mol. The third-order valence-corrected chi connectivity index (χ3v) is 2.80. The van der Waals surface area contributed by atoms with Crippen LogP contribution in [0.15, 0.2) is 0 Å². The smallest absolute Gasteiger partial charge is 0.219 e. The first-order valence-corrected chi connectivity index (χ1v) is 5.56. The van der Waals surface area contributed by atoms with Gasteiger partial charge in [-0.2, -0.15) is 0 Å². The maximum atomic E-state index is 11.2. The van der Waals surface area contributed by atoms with Gasteiger partial charge in [-0.25, -0.2) is 0 Å². The van der Waals surface area contributed by atoms with Gasteiger partial charge in [-0.1, -0.05) is 32.6 Å². The van der Waals surface area contributed by atoms with Crippen molar-refractivity contribution in [3.63, 3.8) is 0 Å². The Morgan fingerprint density at radius 1 is 1.15 bits per heavy atom. The van der Waals surface area contributed by atoms with Crippen LogP contribution in [0, 0.1) is 5.92 Å². The Balaban J connectivity index is 2.27. The van der Waals surface area contributed by atoms with Crippen LogP contribution in [0.2, 0.25) is 0 Å². The van der Waals surface area contributed by atoms with E-state index < -0.39 is 0 Å². The third-order valence-electron chi connectivity index (χ3n) is 2.80. The molecule has 1 aliphatic rings. The molecule has 2 heteroatoms. The van der Waals surface area contributed by atoms with E-state index in [9.17, 15) is 4.79 Å². The number of carbonyl (C=O) groups is 1. The predicted molar refractivity (Wildman–Crippen MR) is 54.5 cm³/mol. The number of amides is 1. The van der Waals surface area contributed by atoms with Gasteiger partial charge in [-0.05, 0) is 18.8 Å². The summed E-state index contributed by atoms with van der Waals surface area (Å²) in [6.45, 7) is 3.18. The van der Waals surface area contributed by atoms with Crippen molar-refractivity contribution in [2.75, 3.05) is 6.54 Å². The molecule has 0 bridgehead atoms. The van der Waals surface area contributed by atoms with Crippen LogP contribution < -0.4 is 5.32 Å². The quantitative estimate of drug-likeness (QED) is 0.614. The topological polar surface area (TPSA) is 29.1 Å². The molecule has 0 saturated carbocycles. The van der Waals surface area contributed by atoms with E-state index in [-0.39, 0.29) is 5.91 Å². The Morgan fingerprint density at radius 3 is 2.77 bits per heavy atom. The lowest BCUT2D eigenvalue weighted by atomic mass is 9.98. The summed E-state index contributed by atoms with van der Waals surface area (Å²) in [5.41, 5.74) is 0. The molecule has 0 spiro atoms. The summed E-state index contributed by atoms with van der Waals surface area (Å²) in [5, 5.41) is 2.96. The number of hydrogen-bond donors (Lipinski definition) is 1. The van der Waals surface area contributed by atoms with E-state index in [4.69, 9.17) is 0 Å². The van der Waals surface area contributed by atoms with Crippen LogP contribution in [0.4, 0.5) is 0 Å². The molecule has 1 aliphatic heterocycles. The van der Waals surface area contributed by atoms with Crippen LogP contribution in [0.1, 0.15) is 51.9 Å². The highest BCUT2D eigenvalue weighted by molar-refractivity contribution is 5.75. The van der Waals surface area contributed by atoms with Crippen LogP contribution in [0.5, 0.6) is 0 Å². The van der Waals surface area contributed by atoms with E-state index in [0.717, 1.165) is 31.7 Å². The lowest BCUT2D eigenvalue weighted by Crippen LogP contribution is -2.23. The molecule has 0 aliphatic carbocycles. The summed E-state index contributed by atoms with van der Waals surface area (Å²) in [4.78, 5) is 11.2. The third kappa shape index (κ3) is 4.91. The van der Waals surface area contributed by atoms with E-state index in [1.165, 1.54) is 25.7 Å². The van der Waals surface area contributed by atoms with E-state index in [1.54, 1.807) is 0 Å². The molecule has 1 N–H and O–H groups in total. The summed E-state index contributed by atoms with van der Waals surface area (Å²) < 4.78 is 0. The molecule has 13 heavy (non-hydrogen) atoms. The fourth-order valence-electron chi connectivity index (χ4n) is 1.87. The average Bonchev–Trinajstić information content (AvgIpc) is 2.13. The van der Waals surface area contributed by atoms with E-state index in [0.29, 0.717) is 0 Å². The number of rotatable bonds is 0. The molecular formula is C11H21NO. The summed E-state index contributed by atoms with van der Waals surface area (Å²) >= 11 is 0. The number of nitrogens with one attached hydrogen (secondary N) is 1. The first-order valence-electron chi connectivity index (χ1n) is 5.56. The molecule has 0 aromatic rings. The zero-order valence-corrected chi connectivity index (χ0v) is 8.64. The van der Waals surface area contributed by atoms with Crippen molar-refractivity contribution in [3.05, 3.63) is 0 Å². The molecule has 1 fully saturated rings. The van der Waals surface area contributed by atoms with Gasteiger partial charge in [0, 0.05) is 13.0 Å². The van der Waals surface area contributed by atoms with Crippen LogP contribution in [0.3, 0.4) is 0 Å². The first-order chi connectivity index (χ1) is 6.29. The molecule has 0 aromatic carbocycles. The highest BCUT2D eigenvalue weighted by Crippen LogP contribution is 2.16. The molecule has 76 valence electrons. The molecule has 1 atom stereocenters. The second-order valence-corrected chi connectivity index (χ2v) is 4.20. The van der Waals surface area contributed by atoms with Gasteiger partial charge in [0.15, 0.2) is 0 Å². The van der Waals surface area contributed by atoms with Crippen LogP contribution in [0.25, 0.3) is 0 Å². The maximum absolute atomic E-state index is 11.2. The Labute approximate surface area is 81.1 Å². The summed E-state index contributed by atoms with van der Waals surface area (Å²) in [6, 6.07) is 0.